The maximum absolute atomic E-state index is 16.3. The van der Waals surface area contributed by atoms with Crippen LogP contribution in [0.5, 0.6) is 5.88 Å². The van der Waals surface area contributed by atoms with Crippen molar-refractivity contribution in [1.29, 1.82) is 0 Å². The normalized spacial score (nSPS) is 27.5. The Labute approximate surface area is 246 Å². The van der Waals surface area contributed by atoms with Crippen LogP contribution in [-0.2, 0) is 32.4 Å². The molecule has 2 fully saturated rings. The number of hydrogen-bond acceptors (Lipinski definition) is 14. The minimum absolute atomic E-state index is 0.0887. The number of halogens is 1. The number of amides is 1. The number of hydrogen-bond donors (Lipinski definition) is 2. The number of ether oxygens (including phenoxy) is 3. The van der Waals surface area contributed by atoms with Crippen LogP contribution in [0.2, 0.25) is 0 Å². The molecule has 0 radical (unpaired) electrons. The number of aromatic nitrogens is 4. The summed E-state index contributed by atoms with van der Waals surface area (Å²) in [6.45, 7) is 8.66. The van der Waals surface area contributed by atoms with Crippen LogP contribution in [0.4, 0.5) is 15.1 Å². The molecule has 2 aliphatic rings. The van der Waals surface area contributed by atoms with Gasteiger partial charge in [-0.1, -0.05) is 25.6 Å². The molecule has 5 atom stereocenters. The summed E-state index contributed by atoms with van der Waals surface area (Å²) in [4.78, 5) is 36.6. The summed E-state index contributed by atoms with van der Waals surface area (Å²) in [5, 5.41) is 2.44. The second-order valence-corrected chi connectivity index (χ2v) is 13.0. The number of phosphoric ester groups is 1. The Balaban J connectivity index is 1.33. The quantitative estimate of drug-likeness (QED) is 0.255. The van der Waals surface area contributed by atoms with Crippen LogP contribution in [0, 0.1) is 5.41 Å². The smallest absolute Gasteiger partial charge is 0.475 e. The lowest BCUT2D eigenvalue weighted by atomic mass is 9.91. The van der Waals surface area contributed by atoms with Crippen molar-refractivity contribution in [2.45, 2.75) is 65.1 Å². The number of anilines is 1. The van der Waals surface area contributed by atoms with Gasteiger partial charge in [0.15, 0.2) is 28.2 Å². The number of alkyl halides is 1. The van der Waals surface area contributed by atoms with Crippen molar-refractivity contribution < 1.29 is 46.3 Å². The van der Waals surface area contributed by atoms with E-state index < -0.39 is 43.4 Å². The molecule has 0 aliphatic carbocycles. The molecule has 42 heavy (non-hydrogen) atoms. The number of thioether (sulfide) groups is 1. The average molecular weight is 635 g/mol. The highest BCUT2D eigenvalue weighted by Crippen LogP contribution is 2.59. The summed E-state index contributed by atoms with van der Waals surface area (Å²) >= 11 is 0.983. The molecule has 4 heterocycles. The molecule has 2 aromatic rings. The standard InChI is InChI=1S/C24H36FN6O9PS/c1-6-35-18-15-17(29-21(26)30-18)31(13-28-15)19-24(5,25)16-14(39-19)12-38-41(34,40-16)37-10-11-42-20(32)23(3,4)8-9-27-22(33)36-7-2/h13-14,16,19H,6-12H2,1-5H3,(H,27,33)(H2,26,29,30)/t14-,16-,19-,24-,41-/m1/s1. The topological polar surface area (TPSA) is 188 Å². The van der Waals surface area contributed by atoms with E-state index in [-0.39, 0.29) is 60.2 Å². The van der Waals surface area contributed by atoms with E-state index in [9.17, 15) is 14.2 Å². The summed E-state index contributed by atoms with van der Waals surface area (Å²) < 4.78 is 63.4. The molecule has 234 valence electrons. The van der Waals surface area contributed by atoms with E-state index in [0.717, 1.165) is 11.8 Å². The second-order valence-electron chi connectivity index (χ2n) is 10.3. The highest BCUT2D eigenvalue weighted by Gasteiger charge is 2.61. The number of imidazole rings is 1. The maximum atomic E-state index is 16.3. The fourth-order valence-electron chi connectivity index (χ4n) is 4.47. The Morgan fingerprint density at radius 3 is 2.81 bits per heavy atom. The van der Waals surface area contributed by atoms with Crippen molar-refractivity contribution in [3.63, 3.8) is 0 Å². The molecule has 3 N–H and O–H groups in total. The highest BCUT2D eigenvalue weighted by molar-refractivity contribution is 8.13. The Morgan fingerprint density at radius 1 is 1.33 bits per heavy atom. The third-order valence-corrected chi connectivity index (χ3v) is 9.31. The first kappa shape index (κ1) is 32.4. The minimum atomic E-state index is -4.17. The molecular weight excluding hydrogens is 598 g/mol. The van der Waals surface area contributed by atoms with Gasteiger partial charge < -0.3 is 25.3 Å². The predicted octanol–water partition coefficient (Wildman–Crippen LogP) is 3.40. The number of nitrogens with one attached hydrogen (secondary N) is 1. The van der Waals surface area contributed by atoms with Crippen LogP contribution in [0.25, 0.3) is 11.2 Å². The number of phosphoric acid groups is 1. The molecule has 2 aromatic heterocycles. The Kier molecular flexibility index (Phi) is 10.00. The van der Waals surface area contributed by atoms with Crippen molar-refractivity contribution in [2.24, 2.45) is 5.41 Å². The molecule has 0 aromatic carbocycles. The van der Waals surface area contributed by atoms with E-state index in [2.05, 4.69) is 20.3 Å². The largest absolute Gasteiger partial charge is 0.476 e. The van der Waals surface area contributed by atoms with Gasteiger partial charge in [-0.25, -0.2) is 18.7 Å². The van der Waals surface area contributed by atoms with Crippen molar-refractivity contribution in [3.05, 3.63) is 6.33 Å². The molecule has 1 amide bonds. The van der Waals surface area contributed by atoms with E-state index in [4.69, 9.17) is 33.5 Å². The van der Waals surface area contributed by atoms with Gasteiger partial charge in [-0.15, -0.1) is 0 Å². The van der Waals surface area contributed by atoms with Crippen LogP contribution >= 0.6 is 19.6 Å². The summed E-state index contributed by atoms with van der Waals surface area (Å²) in [6, 6.07) is 0. The van der Waals surface area contributed by atoms with Crippen LogP contribution in [0.3, 0.4) is 0 Å². The lowest BCUT2D eigenvalue weighted by Crippen LogP contribution is -2.44. The molecule has 2 saturated heterocycles. The molecule has 2 aliphatic heterocycles. The molecule has 15 nitrogen and oxygen atoms in total. The van der Waals surface area contributed by atoms with Gasteiger partial charge in [-0.2, -0.15) is 9.97 Å². The van der Waals surface area contributed by atoms with Crippen molar-refractivity contribution in [1.82, 2.24) is 24.8 Å². The third-order valence-electron chi connectivity index (χ3n) is 6.67. The second kappa shape index (κ2) is 13.0. The van der Waals surface area contributed by atoms with E-state index in [1.807, 2.05) is 0 Å². The van der Waals surface area contributed by atoms with Gasteiger partial charge in [0.05, 0.1) is 32.8 Å². The number of nitrogens with zero attached hydrogens (tertiary/aromatic N) is 4. The Bertz CT molecular complexity index is 1340. The van der Waals surface area contributed by atoms with E-state index in [0.29, 0.717) is 13.0 Å². The monoisotopic (exact) mass is 634 g/mol. The molecule has 0 bridgehead atoms. The van der Waals surface area contributed by atoms with Gasteiger partial charge in [0.1, 0.15) is 12.2 Å². The van der Waals surface area contributed by atoms with E-state index in [1.54, 1.807) is 27.7 Å². The van der Waals surface area contributed by atoms with Crippen molar-refractivity contribution >= 4 is 47.9 Å². The van der Waals surface area contributed by atoms with Crippen molar-refractivity contribution in [2.75, 3.05) is 44.5 Å². The predicted molar refractivity (Wildman–Crippen MR) is 150 cm³/mol. The van der Waals surface area contributed by atoms with E-state index in [1.165, 1.54) is 17.8 Å². The highest BCUT2D eigenvalue weighted by atomic mass is 32.2. The number of rotatable bonds is 12. The van der Waals surface area contributed by atoms with Gasteiger partial charge in [-0.05, 0) is 27.2 Å². The summed E-state index contributed by atoms with van der Waals surface area (Å²) in [7, 11) is -4.17. The maximum Gasteiger partial charge on any atom is 0.475 e. The van der Waals surface area contributed by atoms with E-state index >= 15 is 4.39 Å². The molecule has 18 heteroatoms. The number of alkyl carbamates (subject to hydrolysis) is 1. The van der Waals surface area contributed by atoms with Crippen LogP contribution in [-0.4, -0.2) is 87.3 Å². The van der Waals surface area contributed by atoms with Gasteiger partial charge in [0.25, 0.3) is 0 Å². The minimum Gasteiger partial charge on any atom is -0.476 e. The first-order valence-corrected chi connectivity index (χ1v) is 15.9. The molecule has 0 unspecified atom stereocenters. The van der Waals surface area contributed by atoms with Crippen LogP contribution < -0.4 is 15.8 Å². The Morgan fingerprint density at radius 2 is 2.10 bits per heavy atom. The number of nitrogens with two attached hydrogens (primary N) is 1. The zero-order chi connectivity index (χ0) is 30.7. The van der Waals surface area contributed by atoms with Gasteiger partial charge in [0, 0.05) is 17.7 Å². The fourth-order valence-corrected chi connectivity index (χ4v) is 6.90. The SMILES string of the molecule is CCOC(=O)NCCC(C)(C)C(=O)SCCO[P@]1(=O)OC[C@H]2O[C@@H](n3cnc4c(OCC)nc(N)nc43)[C@](C)(F)[C@@H]2O1. The third kappa shape index (κ3) is 6.97. The first-order chi connectivity index (χ1) is 19.8. The number of fused-ring (bicyclic) bond motifs is 2. The van der Waals surface area contributed by atoms with Crippen molar-refractivity contribution in [3.8, 4) is 5.88 Å². The first-order valence-electron chi connectivity index (χ1n) is 13.4. The summed E-state index contributed by atoms with van der Waals surface area (Å²) in [5.74, 6) is 0.212. The molecule has 0 spiro atoms. The van der Waals surface area contributed by atoms with Crippen LogP contribution in [0.1, 0.15) is 47.3 Å². The Hall–Kier alpha value is -2.56. The number of carbonyl (C=O) groups excluding carboxylic acids is 2. The average Bonchev–Trinajstić information content (AvgIpc) is 3.44. The van der Waals surface area contributed by atoms with Gasteiger partial charge in [0.2, 0.25) is 11.8 Å². The van der Waals surface area contributed by atoms with Crippen LogP contribution in [0.15, 0.2) is 6.33 Å². The zero-order valence-electron chi connectivity index (χ0n) is 24.0. The summed E-state index contributed by atoms with van der Waals surface area (Å²) in [6.07, 6.45) is -2.30. The molecule has 4 rings (SSSR count). The molecular formula is C24H36FN6O9PS. The number of carbonyl (C=O) groups is 2. The number of nitrogen functional groups attached to an aromatic ring is 1. The van der Waals surface area contributed by atoms with Gasteiger partial charge >= 0.3 is 13.9 Å². The van der Waals surface area contributed by atoms with Gasteiger partial charge in [-0.3, -0.25) is 22.9 Å². The zero-order valence-corrected chi connectivity index (χ0v) is 25.7. The molecule has 0 saturated carbocycles. The fraction of sp³-hybridized carbons (Fsp3) is 0.708. The lowest BCUT2D eigenvalue weighted by Gasteiger charge is -2.33. The summed E-state index contributed by atoms with van der Waals surface area (Å²) in [5.41, 5.74) is 3.34. The lowest BCUT2D eigenvalue weighted by molar-refractivity contribution is -0.118.